The van der Waals surface area contributed by atoms with Crippen molar-refractivity contribution in [2.75, 3.05) is 7.05 Å². The number of carbonyl (C=O) groups is 1. The summed E-state index contributed by atoms with van der Waals surface area (Å²) in [5, 5.41) is 11.4. The molecule has 1 amide bonds. The molecular formula is C16H16Cl2N2O2. The summed E-state index contributed by atoms with van der Waals surface area (Å²) in [7, 11) is 3.50. The van der Waals surface area contributed by atoms with E-state index >= 15 is 0 Å². The van der Waals surface area contributed by atoms with Gasteiger partial charge in [-0.25, -0.2) is 0 Å². The molecule has 4 nitrogen and oxygen atoms in total. The number of carbonyl (C=O) groups excluding carboxylic acids is 1. The molecule has 2 aromatic rings. The number of halogens is 2. The van der Waals surface area contributed by atoms with Gasteiger partial charge in [0.25, 0.3) is 5.91 Å². The Morgan fingerprint density at radius 3 is 2.77 bits per heavy atom. The van der Waals surface area contributed by atoms with Crippen LogP contribution in [0, 0.1) is 0 Å². The van der Waals surface area contributed by atoms with Crippen LogP contribution in [-0.4, -0.2) is 33.6 Å². The van der Waals surface area contributed by atoms with E-state index in [0.717, 1.165) is 11.1 Å². The zero-order chi connectivity index (χ0) is 16.0. The molecule has 0 bridgehead atoms. The summed E-state index contributed by atoms with van der Waals surface area (Å²) in [4.78, 5) is 14.2. The van der Waals surface area contributed by atoms with Crippen LogP contribution in [0.5, 0.6) is 0 Å². The van der Waals surface area contributed by atoms with Crippen molar-refractivity contribution in [3.63, 3.8) is 0 Å². The van der Waals surface area contributed by atoms with E-state index in [0.29, 0.717) is 22.2 Å². The standard InChI is InChI=1S/C16H16Cl2N2O2/c1-19-5-3-4-13(19)16(22)20(2)15-11-6-9(17)7-12(18)10(11)8-14(15)21/h3-7,14-15,21H,8H2,1-2H3. The minimum atomic E-state index is -0.694. The molecule has 1 aromatic heterocycles. The Hall–Kier alpha value is -1.49. The molecule has 0 fully saturated rings. The Labute approximate surface area is 138 Å². The maximum Gasteiger partial charge on any atom is 0.270 e. The first-order chi connectivity index (χ1) is 10.4. The van der Waals surface area contributed by atoms with Gasteiger partial charge in [0, 0.05) is 36.8 Å². The molecule has 1 aliphatic carbocycles. The first kappa shape index (κ1) is 15.4. The molecule has 0 spiro atoms. The third-order valence-corrected chi connectivity index (χ3v) is 4.75. The second kappa shape index (κ2) is 5.61. The summed E-state index contributed by atoms with van der Waals surface area (Å²) in [5.74, 6) is -0.152. The highest BCUT2D eigenvalue weighted by molar-refractivity contribution is 6.35. The van der Waals surface area contributed by atoms with Crippen molar-refractivity contribution >= 4 is 29.1 Å². The number of benzene rings is 1. The highest BCUT2D eigenvalue weighted by Gasteiger charge is 2.38. The Kier molecular flexibility index (Phi) is 3.93. The Bertz CT molecular complexity index is 742. The number of hydrogen-bond acceptors (Lipinski definition) is 2. The van der Waals surface area contributed by atoms with Gasteiger partial charge in [0.2, 0.25) is 0 Å². The smallest absolute Gasteiger partial charge is 0.270 e. The van der Waals surface area contributed by atoms with E-state index in [4.69, 9.17) is 23.2 Å². The predicted molar refractivity (Wildman–Crippen MR) is 86.4 cm³/mol. The van der Waals surface area contributed by atoms with E-state index in [-0.39, 0.29) is 5.91 Å². The Balaban J connectivity index is 1.99. The number of aliphatic hydroxyl groups is 1. The number of amides is 1. The molecule has 0 aliphatic heterocycles. The number of fused-ring (bicyclic) bond motifs is 1. The zero-order valence-corrected chi connectivity index (χ0v) is 13.8. The van der Waals surface area contributed by atoms with Gasteiger partial charge in [-0.05, 0) is 35.4 Å². The van der Waals surface area contributed by atoms with Crippen LogP contribution in [0.2, 0.25) is 10.0 Å². The lowest BCUT2D eigenvalue weighted by Gasteiger charge is -2.28. The third-order valence-electron chi connectivity index (χ3n) is 4.19. The summed E-state index contributed by atoms with van der Waals surface area (Å²) >= 11 is 12.3. The van der Waals surface area contributed by atoms with Crippen molar-refractivity contribution in [2.45, 2.75) is 18.6 Å². The molecule has 2 unspecified atom stereocenters. The molecule has 1 aliphatic rings. The van der Waals surface area contributed by atoms with Crippen molar-refractivity contribution < 1.29 is 9.90 Å². The van der Waals surface area contributed by atoms with Gasteiger partial charge in [0.15, 0.2) is 0 Å². The number of hydrogen-bond donors (Lipinski definition) is 1. The van der Waals surface area contributed by atoms with Crippen LogP contribution in [0.25, 0.3) is 0 Å². The average molecular weight is 339 g/mol. The quantitative estimate of drug-likeness (QED) is 0.914. The normalized spacial score (nSPS) is 20.0. The fraction of sp³-hybridized carbons (Fsp3) is 0.312. The van der Waals surface area contributed by atoms with Crippen LogP contribution >= 0.6 is 23.2 Å². The van der Waals surface area contributed by atoms with Crippen LogP contribution in [0.15, 0.2) is 30.5 Å². The van der Waals surface area contributed by atoms with E-state index in [9.17, 15) is 9.90 Å². The number of aryl methyl sites for hydroxylation is 1. The minimum absolute atomic E-state index is 0.152. The van der Waals surface area contributed by atoms with Crippen LogP contribution in [-0.2, 0) is 13.5 Å². The highest BCUT2D eigenvalue weighted by atomic mass is 35.5. The van der Waals surface area contributed by atoms with Crippen LogP contribution in [0.1, 0.15) is 27.7 Å². The van der Waals surface area contributed by atoms with Crippen molar-refractivity contribution in [1.29, 1.82) is 0 Å². The molecule has 3 rings (SSSR count). The SMILES string of the molecule is CN(C(=O)c1cccn1C)C1c2cc(Cl)cc(Cl)c2CC1O. The number of nitrogens with zero attached hydrogens (tertiary/aromatic N) is 2. The largest absolute Gasteiger partial charge is 0.390 e. The first-order valence-electron chi connectivity index (χ1n) is 6.94. The maximum absolute atomic E-state index is 12.7. The molecular weight excluding hydrogens is 323 g/mol. The Morgan fingerprint density at radius 1 is 1.41 bits per heavy atom. The minimum Gasteiger partial charge on any atom is -0.390 e. The maximum atomic E-state index is 12.7. The fourth-order valence-corrected chi connectivity index (χ4v) is 3.67. The monoisotopic (exact) mass is 338 g/mol. The lowest BCUT2D eigenvalue weighted by Crippen LogP contribution is -2.36. The number of rotatable bonds is 2. The molecule has 0 radical (unpaired) electrons. The van der Waals surface area contributed by atoms with Gasteiger partial charge in [-0.1, -0.05) is 23.2 Å². The van der Waals surface area contributed by atoms with Crippen molar-refractivity contribution in [2.24, 2.45) is 7.05 Å². The molecule has 2 atom stereocenters. The van der Waals surface area contributed by atoms with Gasteiger partial charge in [-0.3, -0.25) is 4.79 Å². The second-order valence-electron chi connectivity index (χ2n) is 5.59. The van der Waals surface area contributed by atoms with Crippen molar-refractivity contribution in [1.82, 2.24) is 9.47 Å². The van der Waals surface area contributed by atoms with Gasteiger partial charge in [-0.2, -0.15) is 0 Å². The van der Waals surface area contributed by atoms with E-state index in [1.807, 2.05) is 19.3 Å². The summed E-state index contributed by atoms with van der Waals surface area (Å²) < 4.78 is 1.76. The van der Waals surface area contributed by atoms with E-state index in [2.05, 4.69) is 0 Å². The zero-order valence-electron chi connectivity index (χ0n) is 12.3. The molecule has 1 N–H and O–H groups in total. The third kappa shape index (κ3) is 2.41. The van der Waals surface area contributed by atoms with Gasteiger partial charge in [-0.15, -0.1) is 0 Å². The molecule has 1 aromatic carbocycles. The molecule has 1 heterocycles. The summed E-state index contributed by atoms with van der Waals surface area (Å²) in [5.41, 5.74) is 2.24. The van der Waals surface area contributed by atoms with Crippen molar-refractivity contribution in [3.8, 4) is 0 Å². The fourth-order valence-electron chi connectivity index (χ4n) is 3.09. The summed E-state index contributed by atoms with van der Waals surface area (Å²) in [6.45, 7) is 0. The van der Waals surface area contributed by atoms with Crippen LogP contribution in [0.4, 0.5) is 0 Å². The second-order valence-corrected chi connectivity index (χ2v) is 6.44. The number of aliphatic hydroxyl groups excluding tert-OH is 1. The lowest BCUT2D eigenvalue weighted by molar-refractivity contribution is 0.0489. The average Bonchev–Trinajstić information content (AvgIpc) is 3.01. The lowest BCUT2D eigenvalue weighted by atomic mass is 10.1. The number of likely N-dealkylation sites (N-methyl/N-ethyl adjacent to an activating group) is 1. The summed E-state index contributed by atoms with van der Waals surface area (Å²) in [6, 6.07) is 6.56. The van der Waals surface area contributed by atoms with E-state index in [1.165, 1.54) is 0 Å². The highest BCUT2D eigenvalue weighted by Crippen LogP contribution is 2.41. The predicted octanol–water partition coefficient (Wildman–Crippen LogP) is 3.06. The number of aromatic nitrogens is 1. The first-order valence-corrected chi connectivity index (χ1v) is 7.70. The summed E-state index contributed by atoms with van der Waals surface area (Å²) in [6.07, 6.45) is 1.54. The topological polar surface area (TPSA) is 45.5 Å². The molecule has 0 saturated carbocycles. The van der Waals surface area contributed by atoms with Crippen LogP contribution < -0.4 is 0 Å². The van der Waals surface area contributed by atoms with E-state index < -0.39 is 12.1 Å². The van der Waals surface area contributed by atoms with Crippen LogP contribution in [0.3, 0.4) is 0 Å². The molecule has 0 saturated heterocycles. The van der Waals surface area contributed by atoms with Crippen molar-refractivity contribution in [3.05, 3.63) is 57.3 Å². The van der Waals surface area contributed by atoms with Gasteiger partial charge in [0.1, 0.15) is 5.69 Å². The molecule has 22 heavy (non-hydrogen) atoms. The van der Waals surface area contributed by atoms with Gasteiger partial charge < -0.3 is 14.6 Å². The molecule has 6 heteroatoms. The Morgan fingerprint density at radius 2 is 2.14 bits per heavy atom. The van der Waals surface area contributed by atoms with Gasteiger partial charge >= 0.3 is 0 Å². The molecule has 116 valence electrons. The van der Waals surface area contributed by atoms with Gasteiger partial charge in [0.05, 0.1) is 12.1 Å². The van der Waals surface area contributed by atoms with E-state index in [1.54, 1.807) is 34.7 Å².